The van der Waals surface area contributed by atoms with Crippen LogP contribution in [-0.4, -0.2) is 12.1 Å². The lowest BCUT2D eigenvalue weighted by Crippen LogP contribution is -2.08. The van der Waals surface area contributed by atoms with Gasteiger partial charge in [0.2, 0.25) is 0 Å². The highest BCUT2D eigenvalue weighted by atomic mass is 32.1. The quantitative estimate of drug-likeness (QED) is 0.370. The summed E-state index contributed by atoms with van der Waals surface area (Å²) in [5.74, 6) is 3.47. The molecular weight excluding hydrogens is 378 g/mol. The molecule has 3 heterocycles. The Morgan fingerprint density at radius 3 is 2.59 bits per heavy atom. The van der Waals surface area contributed by atoms with Crippen LogP contribution in [0.4, 0.5) is 0 Å². The number of furan rings is 1. The van der Waals surface area contributed by atoms with E-state index >= 15 is 0 Å². The number of ether oxygens (including phenoxy) is 1. The lowest BCUT2D eigenvalue weighted by atomic mass is 9.87. The van der Waals surface area contributed by atoms with Crippen LogP contribution in [0.3, 0.4) is 0 Å². The number of aryl methyl sites for hydroxylation is 3. The first-order chi connectivity index (χ1) is 14.0. The summed E-state index contributed by atoms with van der Waals surface area (Å²) in [6.45, 7) is 6.36. The molecule has 0 N–H and O–H groups in total. The van der Waals surface area contributed by atoms with E-state index in [1.54, 1.807) is 7.11 Å². The highest BCUT2D eigenvalue weighted by Crippen LogP contribution is 2.44. The molecule has 5 rings (SSSR count). The number of hydrogen-bond acceptors (Lipinski definition) is 4. The van der Waals surface area contributed by atoms with E-state index in [4.69, 9.17) is 14.1 Å². The monoisotopic (exact) mass is 403 g/mol. The van der Waals surface area contributed by atoms with Gasteiger partial charge in [0.15, 0.2) is 0 Å². The Morgan fingerprint density at radius 2 is 1.90 bits per heavy atom. The van der Waals surface area contributed by atoms with Crippen LogP contribution in [-0.2, 0) is 12.8 Å². The second-order valence-electron chi connectivity index (χ2n) is 8.14. The first-order valence-electron chi connectivity index (χ1n) is 10.2. The molecule has 0 radical (unpaired) electrons. The number of aromatic nitrogens is 1. The number of methoxy groups -OCH3 is 1. The average molecular weight is 404 g/mol. The largest absolute Gasteiger partial charge is 0.497 e. The Hall–Kier alpha value is -2.59. The predicted molar refractivity (Wildman–Crippen MR) is 120 cm³/mol. The number of benzene rings is 1. The van der Waals surface area contributed by atoms with Crippen LogP contribution in [0.2, 0.25) is 0 Å². The molecule has 1 aliphatic rings. The minimum Gasteiger partial charge on any atom is -0.497 e. The second kappa shape index (κ2) is 7.03. The molecule has 3 nitrogen and oxygen atoms in total. The SMILES string of the molecule is COc1ccc(-c2cc(-c3cc(C)oc3C)nc3sc4c(c23)CCC(C)C4)cc1. The van der Waals surface area contributed by atoms with Crippen molar-refractivity contribution in [2.45, 2.75) is 40.0 Å². The van der Waals surface area contributed by atoms with Gasteiger partial charge in [-0.15, -0.1) is 11.3 Å². The van der Waals surface area contributed by atoms with Gasteiger partial charge in [0.25, 0.3) is 0 Å². The maximum absolute atomic E-state index is 5.80. The molecule has 1 aromatic carbocycles. The summed E-state index contributed by atoms with van der Waals surface area (Å²) in [7, 11) is 1.71. The maximum Gasteiger partial charge on any atom is 0.125 e. The van der Waals surface area contributed by atoms with Crippen molar-refractivity contribution < 1.29 is 9.15 Å². The van der Waals surface area contributed by atoms with Gasteiger partial charge >= 0.3 is 0 Å². The van der Waals surface area contributed by atoms with E-state index in [0.717, 1.165) is 52.1 Å². The molecule has 1 atom stereocenters. The fourth-order valence-electron chi connectivity index (χ4n) is 4.46. The molecule has 0 amide bonds. The van der Waals surface area contributed by atoms with E-state index in [9.17, 15) is 0 Å². The molecule has 0 spiro atoms. The Kier molecular flexibility index (Phi) is 4.47. The van der Waals surface area contributed by atoms with Gasteiger partial charge in [-0.05, 0) is 80.0 Å². The number of rotatable bonds is 3. The van der Waals surface area contributed by atoms with Crippen LogP contribution in [0, 0.1) is 19.8 Å². The van der Waals surface area contributed by atoms with Crippen molar-refractivity contribution in [3.05, 3.63) is 58.4 Å². The Morgan fingerprint density at radius 1 is 1.10 bits per heavy atom. The average Bonchev–Trinajstić information content (AvgIpc) is 3.25. The number of thiophene rings is 1. The van der Waals surface area contributed by atoms with E-state index < -0.39 is 0 Å². The number of fused-ring (bicyclic) bond motifs is 3. The Balaban J connectivity index is 1.78. The van der Waals surface area contributed by atoms with Crippen LogP contribution >= 0.6 is 11.3 Å². The van der Waals surface area contributed by atoms with Crippen LogP contribution in [0.15, 0.2) is 40.8 Å². The topological polar surface area (TPSA) is 35.3 Å². The van der Waals surface area contributed by atoms with Gasteiger partial charge in [0.1, 0.15) is 22.1 Å². The van der Waals surface area contributed by atoms with Crippen LogP contribution in [0.25, 0.3) is 32.6 Å². The molecule has 0 bridgehead atoms. The number of pyridine rings is 1. The summed E-state index contributed by atoms with van der Waals surface area (Å²) in [5.41, 5.74) is 6.05. The lowest BCUT2D eigenvalue weighted by molar-refractivity contribution is 0.415. The van der Waals surface area contributed by atoms with Gasteiger partial charge < -0.3 is 9.15 Å². The van der Waals surface area contributed by atoms with Crippen molar-refractivity contribution in [3.63, 3.8) is 0 Å². The predicted octanol–water partition coefficient (Wildman–Crippen LogP) is 6.97. The van der Waals surface area contributed by atoms with E-state index in [0.29, 0.717) is 0 Å². The normalized spacial score (nSPS) is 16.2. The molecule has 0 saturated carbocycles. The molecular formula is C25H25NO2S. The molecule has 148 valence electrons. The number of nitrogens with zero attached hydrogens (tertiary/aromatic N) is 1. The van der Waals surface area contributed by atoms with E-state index in [1.807, 2.05) is 37.3 Å². The zero-order valence-electron chi connectivity index (χ0n) is 17.3. The van der Waals surface area contributed by atoms with Crippen molar-refractivity contribution in [2.24, 2.45) is 5.92 Å². The fourth-order valence-corrected chi connectivity index (χ4v) is 5.87. The fraction of sp³-hybridized carbons (Fsp3) is 0.320. The molecule has 1 unspecified atom stereocenters. The van der Waals surface area contributed by atoms with E-state index in [1.165, 1.54) is 33.4 Å². The molecule has 0 fully saturated rings. The summed E-state index contributed by atoms with van der Waals surface area (Å²) in [5, 5.41) is 1.34. The smallest absolute Gasteiger partial charge is 0.125 e. The molecule has 1 aliphatic carbocycles. The zero-order chi connectivity index (χ0) is 20.1. The number of hydrogen-bond donors (Lipinski definition) is 0. The van der Waals surface area contributed by atoms with Crippen molar-refractivity contribution in [2.75, 3.05) is 7.11 Å². The van der Waals surface area contributed by atoms with E-state index in [2.05, 4.69) is 31.2 Å². The molecule has 4 heteroatoms. The van der Waals surface area contributed by atoms with Gasteiger partial charge in [-0.2, -0.15) is 0 Å². The van der Waals surface area contributed by atoms with Crippen molar-refractivity contribution >= 4 is 21.6 Å². The van der Waals surface area contributed by atoms with Gasteiger partial charge in [-0.1, -0.05) is 19.1 Å². The Bertz CT molecular complexity index is 1200. The molecule has 0 aliphatic heterocycles. The highest BCUT2D eigenvalue weighted by Gasteiger charge is 2.24. The maximum atomic E-state index is 5.80. The summed E-state index contributed by atoms with van der Waals surface area (Å²) < 4.78 is 11.2. The summed E-state index contributed by atoms with van der Waals surface area (Å²) in [4.78, 5) is 7.76. The molecule has 29 heavy (non-hydrogen) atoms. The first-order valence-corrected chi connectivity index (χ1v) is 11.0. The van der Waals surface area contributed by atoms with Crippen LogP contribution in [0.1, 0.15) is 35.3 Å². The summed E-state index contributed by atoms with van der Waals surface area (Å²) in [6, 6.07) is 12.7. The van der Waals surface area contributed by atoms with Crippen molar-refractivity contribution in [1.29, 1.82) is 0 Å². The molecule has 3 aromatic heterocycles. The van der Waals surface area contributed by atoms with Gasteiger partial charge in [0, 0.05) is 15.8 Å². The van der Waals surface area contributed by atoms with E-state index in [-0.39, 0.29) is 0 Å². The second-order valence-corrected chi connectivity index (χ2v) is 9.23. The first kappa shape index (κ1) is 18.4. The third kappa shape index (κ3) is 3.16. The van der Waals surface area contributed by atoms with Gasteiger partial charge in [0.05, 0.1) is 12.8 Å². The summed E-state index contributed by atoms with van der Waals surface area (Å²) >= 11 is 1.88. The minimum absolute atomic E-state index is 0.748. The van der Waals surface area contributed by atoms with Gasteiger partial charge in [-0.25, -0.2) is 4.98 Å². The van der Waals surface area contributed by atoms with Crippen molar-refractivity contribution in [3.8, 4) is 28.1 Å². The van der Waals surface area contributed by atoms with Crippen LogP contribution < -0.4 is 4.74 Å². The van der Waals surface area contributed by atoms with Gasteiger partial charge in [-0.3, -0.25) is 0 Å². The standard InChI is InChI=1S/C25H25NO2S/c1-14-5-10-19-23(11-14)29-25-24(19)21(17-6-8-18(27-4)9-7-17)13-22(26-25)20-12-15(2)28-16(20)3/h6-9,12-14H,5,10-11H2,1-4H3. The molecule has 0 saturated heterocycles. The minimum atomic E-state index is 0.748. The molecule has 4 aromatic rings. The zero-order valence-corrected chi connectivity index (χ0v) is 18.2. The van der Waals surface area contributed by atoms with Crippen molar-refractivity contribution in [1.82, 2.24) is 4.98 Å². The van der Waals surface area contributed by atoms with Crippen LogP contribution in [0.5, 0.6) is 5.75 Å². The Labute approximate surface area is 175 Å². The lowest BCUT2D eigenvalue weighted by Gasteiger charge is -2.18. The third-order valence-electron chi connectivity index (χ3n) is 5.98. The highest BCUT2D eigenvalue weighted by molar-refractivity contribution is 7.19. The third-order valence-corrected chi connectivity index (χ3v) is 7.13. The summed E-state index contributed by atoms with van der Waals surface area (Å²) in [6.07, 6.45) is 3.56.